The van der Waals surface area contributed by atoms with Gasteiger partial charge in [-0.15, -0.1) is 0 Å². The van der Waals surface area contributed by atoms with Gasteiger partial charge in [0, 0.05) is 45.1 Å². The van der Waals surface area contributed by atoms with Crippen LogP contribution in [0.3, 0.4) is 0 Å². The molecule has 0 saturated carbocycles. The number of carbonyl (C=O) groups excluding carboxylic acids is 1. The number of rotatable bonds is 11. The number of nitrogens with zero attached hydrogens (tertiary/aromatic N) is 2. The molecular formula is C21H34N4O2. The van der Waals surface area contributed by atoms with Crippen molar-refractivity contribution >= 4 is 11.9 Å². The van der Waals surface area contributed by atoms with Gasteiger partial charge in [-0.05, 0) is 38.3 Å². The van der Waals surface area contributed by atoms with Crippen molar-refractivity contribution in [2.75, 3.05) is 32.8 Å². The lowest BCUT2D eigenvalue weighted by atomic mass is 10.1. The molecule has 0 aromatic heterocycles. The SMILES string of the molecule is CCNC(=NCCCOc1ccccc1)NCCC(CC)N1CCCC1=O. The average molecular weight is 375 g/mol. The number of carbonyl (C=O) groups is 1. The van der Waals surface area contributed by atoms with Crippen LogP contribution in [0, 0.1) is 0 Å². The summed E-state index contributed by atoms with van der Waals surface area (Å²) in [5.41, 5.74) is 0. The molecule has 2 N–H and O–H groups in total. The summed E-state index contributed by atoms with van der Waals surface area (Å²) in [6, 6.07) is 10.2. The summed E-state index contributed by atoms with van der Waals surface area (Å²) in [4.78, 5) is 18.6. The van der Waals surface area contributed by atoms with E-state index >= 15 is 0 Å². The van der Waals surface area contributed by atoms with Gasteiger partial charge in [-0.1, -0.05) is 25.1 Å². The van der Waals surface area contributed by atoms with Crippen LogP contribution in [0.5, 0.6) is 5.75 Å². The molecule has 0 radical (unpaired) electrons. The number of para-hydroxylation sites is 1. The summed E-state index contributed by atoms with van der Waals surface area (Å²) in [6.07, 6.45) is 4.52. The molecule has 1 aromatic carbocycles. The smallest absolute Gasteiger partial charge is 0.222 e. The molecule has 6 heteroatoms. The summed E-state index contributed by atoms with van der Waals surface area (Å²) in [6.45, 7) is 8.14. The van der Waals surface area contributed by atoms with E-state index in [0.29, 0.717) is 31.5 Å². The number of guanidine groups is 1. The van der Waals surface area contributed by atoms with E-state index in [0.717, 1.165) is 57.0 Å². The molecule has 1 heterocycles. The second kappa shape index (κ2) is 12.2. The highest BCUT2D eigenvalue weighted by Crippen LogP contribution is 2.17. The Morgan fingerprint density at radius 1 is 1.26 bits per heavy atom. The van der Waals surface area contributed by atoms with Crippen LogP contribution >= 0.6 is 0 Å². The summed E-state index contributed by atoms with van der Waals surface area (Å²) in [5.74, 6) is 2.04. The predicted molar refractivity (Wildman–Crippen MR) is 110 cm³/mol. The third kappa shape index (κ3) is 7.49. The largest absolute Gasteiger partial charge is 0.494 e. The number of ether oxygens (including phenoxy) is 1. The molecule has 1 unspecified atom stereocenters. The van der Waals surface area contributed by atoms with Crippen molar-refractivity contribution < 1.29 is 9.53 Å². The Bertz CT molecular complexity index is 577. The first kappa shape index (κ1) is 21.1. The highest BCUT2D eigenvalue weighted by Gasteiger charge is 2.26. The normalized spacial score (nSPS) is 15.7. The van der Waals surface area contributed by atoms with Crippen LogP contribution in [0.2, 0.25) is 0 Å². The van der Waals surface area contributed by atoms with E-state index in [1.807, 2.05) is 35.2 Å². The van der Waals surface area contributed by atoms with Gasteiger partial charge in [0.15, 0.2) is 5.96 Å². The predicted octanol–water partition coefficient (Wildman–Crippen LogP) is 2.80. The molecule has 1 aliphatic heterocycles. The number of nitrogens with one attached hydrogen (secondary N) is 2. The van der Waals surface area contributed by atoms with Crippen LogP contribution in [0.15, 0.2) is 35.3 Å². The van der Waals surface area contributed by atoms with Gasteiger partial charge in [0.1, 0.15) is 5.75 Å². The molecule has 6 nitrogen and oxygen atoms in total. The molecule has 27 heavy (non-hydrogen) atoms. The Morgan fingerprint density at radius 3 is 2.74 bits per heavy atom. The molecule has 1 amide bonds. The molecule has 0 aliphatic carbocycles. The van der Waals surface area contributed by atoms with Crippen LogP contribution in [-0.2, 0) is 4.79 Å². The molecule has 150 valence electrons. The maximum Gasteiger partial charge on any atom is 0.222 e. The Hall–Kier alpha value is -2.24. The van der Waals surface area contributed by atoms with Gasteiger partial charge >= 0.3 is 0 Å². The van der Waals surface area contributed by atoms with Gasteiger partial charge in [0.05, 0.1) is 6.61 Å². The van der Waals surface area contributed by atoms with Crippen molar-refractivity contribution in [1.82, 2.24) is 15.5 Å². The summed E-state index contributed by atoms with van der Waals surface area (Å²) in [7, 11) is 0. The van der Waals surface area contributed by atoms with Crippen LogP contribution in [0.4, 0.5) is 0 Å². The van der Waals surface area contributed by atoms with Crippen molar-refractivity contribution in [3.05, 3.63) is 30.3 Å². The van der Waals surface area contributed by atoms with Crippen LogP contribution in [0.1, 0.15) is 46.0 Å². The molecule has 0 bridgehead atoms. The van der Waals surface area contributed by atoms with Gasteiger partial charge in [-0.2, -0.15) is 0 Å². The lowest BCUT2D eigenvalue weighted by Crippen LogP contribution is -2.42. The monoisotopic (exact) mass is 374 g/mol. The molecule has 1 fully saturated rings. The van der Waals surface area contributed by atoms with Crippen molar-refractivity contribution in [1.29, 1.82) is 0 Å². The third-order valence-electron chi connectivity index (χ3n) is 4.72. The maximum absolute atomic E-state index is 11.9. The number of aliphatic imine (C=N–C) groups is 1. The minimum absolute atomic E-state index is 0.306. The molecule has 1 saturated heterocycles. The lowest BCUT2D eigenvalue weighted by Gasteiger charge is -2.27. The quantitative estimate of drug-likeness (QED) is 0.355. The standard InChI is InChI=1S/C21H34N4O2/c1-3-18(25-16-8-12-20(25)26)13-15-24-21(22-4-2)23-14-9-17-27-19-10-6-5-7-11-19/h5-7,10-11,18H,3-4,8-9,12-17H2,1-2H3,(H2,22,23,24). The minimum Gasteiger partial charge on any atom is -0.494 e. The zero-order chi connectivity index (χ0) is 19.3. The first-order chi connectivity index (χ1) is 13.2. The van der Waals surface area contributed by atoms with E-state index in [4.69, 9.17) is 4.74 Å². The van der Waals surface area contributed by atoms with Crippen molar-refractivity contribution in [2.24, 2.45) is 4.99 Å². The molecule has 1 aliphatic rings. The highest BCUT2D eigenvalue weighted by molar-refractivity contribution is 5.80. The van der Waals surface area contributed by atoms with Gasteiger partial charge in [-0.25, -0.2) is 0 Å². The fourth-order valence-electron chi connectivity index (χ4n) is 3.30. The lowest BCUT2D eigenvalue weighted by molar-refractivity contribution is -0.129. The molecule has 2 rings (SSSR count). The van der Waals surface area contributed by atoms with E-state index in [1.165, 1.54) is 0 Å². The average Bonchev–Trinajstić information content (AvgIpc) is 3.11. The Morgan fingerprint density at radius 2 is 2.07 bits per heavy atom. The highest BCUT2D eigenvalue weighted by atomic mass is 16.5. The Kier molecular flexibility index (Phi) is 9.52. The number of benzene rings is 1. The summed E-state index contributed by atoms with van der Waals surface area (Å²) < 4.78 is 5.69. The first-order valence-corrected chi connectivity index (χ1v) is 10.2. The topological polar surface area (TPSA) is 66.0 Å². The van der Waals surface area contributed by atoms with Gasteiger partial charge in [-0.3, -0.25) is 9.79 Å². The summed E-state index contributed by atoms with van der Waals surface area (Å²) >= 11 is 0. The second-order valence-electron chi connectivity index (χ2n) is 6.74. The fourth-order valence-corrected chi connectivity index (χ4v) is 3.30. The number of hydrogen-bond acceptors (Lipinski definition) is 3. The third-order valence-corrected chi connectivity index (χ3v) is 4.72. The van der Waals surface area contributed by atoms with Crippen LogP contribution in [0.25, 0.3) is 0 Å². The molecule has 0 spiro atoms. The van der Waals surface area contributed by atoms with Gasteiger partial charge in [0.25, 0.3) is 0 Å². The van der Waals surface area contributed by atoms with Crippen LogP contribution < -0.4 is 15.4 Å². The van der Waals surface area contributed by atoms with E-state index in [2.05, 4.69) is 29.5 Å². The van der Waals surface area contributed by atoms with Crippen LogP contribution in [-0.4, -0.2) is 55.6 Å². The van der Waals surface area contributed by atoms with Gasteiger partial charge in [0.2, 0.25) is 5.91 Å². The molecular weight excluding hydrogens is 340 g/mol. The molecule has 1 atom stereocenters. The Balaban J connectivity index is 1.68. The zero-order valence-corrected chi connectivity index (χ0v) is 16.7. The fraction of sp³-hybridized carbons (Fsp3) is 0.619. The molecule has 1 aromatic rings. The first-order valence-electron chi connectivity index (χ1n) is 10.2. The number of hydrogen-bond donors (Lipinski definition) is 2. The van der Waals surface area contributed by atoms with E-state index in [-0.39, 0.29) is 0 Å². The minimum atomic E-state index is 0.306. The van der Waals surface area contributed by atoms with E-state index in [9.17, 15) is 4.79 Å². The van der Waals surface area contributed by atoms with Crippen molar-refractivity contribution in [2.45, 2.75) is 52.0 Å². The van der Waals surface area contributed by atoms with E-state index in [1.54, 1.807) is 0 Å². The second-order valence-corrected chi connectivity index (χ2v) is 6.74. The number of likely N-dealkylation sites (tertiary alicyclic amines) is 1. The number of amides is 1. The van der Waals surface area contributed by atoms with Gasteiger partial charge < -0.3 is 20.3 Å². The Labute approximate surface area is 163 Å². The summed E-state index contributed by atoms with van der Waals surface area (Å²) in [5, 5.41) is 6.67. The maximum atomic E-state index is 11.9. The van der Waals surface area contributed by atoms with Crippen molar-refractivity contribution in [3.8, 4) is 5.75 Å². The van der Waals surface area contributed by atoms with Crippen molar-refractivity contribution in [3.63, 3.8) is 0 Å². The zero-order valence-electron chi connectivity index (χ0n) is 16.7. The van der Waals surface area contributed by atoms with E-state index < -0.39 is 0 Å².